The molecule has 0 radical (unpaired) electrons. The smallest absolute Gasteiger partial charge is 0.358 e. The lowest BCUT2D eigenvalue weighted by atomic mass is 10.3. The van der Waals surface area contributed by atoms with Crippen LogP contribution in [0.2, 0.25) is 5.02 Å². The van der Waals surface area contributed by atoms with E-state index >= 15 is 0 Å². The van der Waals surface area contributed by atoms with Gasteiger partial charge in [0.25, 0.3) is 0 Å². The molecule has 1 atom stereocenters. The van der Waals surface area contributed by atoms with Gasteiger partial charge in [-0.1, -0.05) is 11.6 Å². The van der Waals surface area contributed by atoms with E-state index in [-0.39, 0.29) is 17.0 Å². The van der Waals surface area contributed by atoms with Gasteiger partial charge in [-0.15, -0.1) is 0 Å². The number of carbonyl (C=O) groups excluding carboxylic acids is 1. The van der Waals surface area contributed by atoms with E-state index in [0.717, 1.165) is 0 Å². The third-order valence-electron chi connectivity index (χ3n) is 2.05. The van der Waals surface area contributed by atoms with Crippen LogP contribution in [-0.2, 0) is 4.79 Å². The van der Waals surface area contributed by atoms with Crippen molar-refractivity contribution in [1.82, 2.24) is 15.1 Å². The van der Waals surface area contributed by atoms with Crippen molar-refractivity contribution in [1.29, 1.82) is 0 Å². The van der Waals surface area contributed by atoms with Gasteiger partial charge in [0, 0.05) is 6.04 Å². The van der Waals surface area contributed by atoms with Crippen molar-refractivity contribution < 1.29 is 9.72 Å². The topological polar surface area (TPSA) is 90.1 Å². The van der Waals surface area contributed by atoms with E-state index < -0.39 is 16.8 Å². The zero-order chi connectivity index (χ0) is 13.2. The van der Waals surface area contributed by atoms with Gasteiger partial charge in [0.15, 0.2) is 5.02 Å². The summed E-state index contributed by atoms with van der Waals surface area (Å²) in [7, 11) is 0. The molecule has 8 heteroatoms. The fourth-order valence-electron chi connectivity index (χ4n) is 1.21. The van der Waals surface area contributed by atoms with Gasteiger partial charge in [-0.3, -0.25) is 4.79 Å². The van der Waals surface area contributed by atoms with Crippen LogP contribution in [0, 0.1) is 10.1 Å². The molecule has 0 saturated heterocycles. The van der Waals surface area contributed by atoms with Crippen molar-refractivity contribution in [3.8, 4) is 0 Å². The summed E-state index contributed by atoms with van der Waals surface area (Å²) in [4.78, 5) is 21.5. The average Bonchev–Trinajstić information content (AvgIpc) is 2.58. The Morgan fingerprint density at radius 3 is 2.59 bits per heavy atom. The van der Waals surface area contributed by atoms with Crippen molar-refractivity contribution in [3.63, 3.8) is 0 Å². The largest absolute Gasteiger partial charge is 0.408 e. The monoisotopic (exact) mass is 260 g/mol. The second-order valence-electron chi connectivity index (χ2n) is 3.88. The number of aromatic nitrogens is 2. The molecule has 0 aliphatic heterocycles. The number of hydrogen-bond acceptors (Lipinski definition) is 4. The SMILES string of the molecule is CC(C)NC(=O)C(C)n1cc(Cl)c([N+](=O)[O-])n1. The van der Waals surface area contributed by atoms with Crippen LogP contribution in [0.15, 0.2) is 6.20 Å². The van der Waals surface area contributed by atoms with E-state index in [4.69, 9.17) is 11.6 Å². The second kappa shape index (κ2) is 5.13. The Morgan fingerprint density at radius 2 is 2.18 bits per heavy atom. The summed E-state index contributed by atoms with van der Waals surface area (Å²) in [6.07, 6.45) is 1.27. The fraction of sp³-hybridized carbons (Fsp3) is 0.556. The van der Waals surface area contributed by atoms with Crippen molar-refractivity contribution in [2.24, 2.45) is 0 Å². The predicted molar refractivity (Wildman–Crippen MR) is 61.9 cm³/mol. The maximum Gasteiger partial charge on any atom is 0.408 e. The summed E-state index contributed by atoms with van der Waals surface area (Å²) < 4.78 is 1.18. The number of nitrogens with one attached hydrogen (secondary N) is 1. The number of amides is 1. The predicted octanol–water partition coefficient (Wildman–Crippen LogP) is 1.53. The van der Waals surface area contributed by atoms with Crippen molar-refractivity contribution >= 4 is 23.3 Å². The Hall–Kier alpha value is -1.63. The Balaban J connectivity index is 2.89. The molecule has 0 fully saturated rings. The standard InChI is InChI=1S/C9H13ClN4O3/c1-5(2)11-9(15)6(3)13-4-7(10)8(12-13)14(16)17/h4-6H,1-3H3,(H,11,15). The Bertz CT molecular complexity index is 443. The minimum atomic E-state index is -0.689. The van der Waals surface area contributed by atoms with Crippen LogP contribution in [0.3, 0.4) is 0 Å². The van der Waals surface area contributed by atoms with E-state index in [0.29, 0.717) is 0 Å². The summed E-state index contributed by atoms with van der Waals surface area (Å²) in [6.45, 7) is 5.23. The number of nitrogens with zero attached hydrogens (tertiary/aromatic N) is 3. The van der Waals surface area contributed by atoms with Crippen LogP contribution in [0.25, 0.3) is 0 Å². The molecule has 0 bridgehead atoms. The highest BCUT2D eigenvalue weighted by atomic mass is 35.5. The quantitative estimate of drug-likeness (QED) is 0.657. The van der Waals surface area contributed by atoms with Crippen LogP contribution in [-0.4, -0.2) is 26.7 Å². The van der Waals surface area contributed by atoms with Gasteiger partial charge in [-0.25, -0.2) is 0 Å². The highest BCUT2D eigenvalue weighted by Gasteiger charge is 2.25. The molecule has 1 unspecified atom stereocenters. The Morgan fingerprint density at radius 1 is 1.59 bits per heavy atom. The number of hydrogen-bond donors (Lipinski definition) is 1. The summed E-state index contributed by atoms with van der Waals surface area (Å²) in [5.74, 6) is -0.718. The van der Waals surface area contributed by atoms with Crippen molar-refractivity contribution in [2.45, 2.75) is 32.9 Å². The zero-order valence-corrected chi connectivity index (χ0v) is 10.4. The first-order valence-electron chi connectivity index (χ1n) is 5.02. The van der Waals surface area contributed by atoms with Crippen LogP contribution in [0.5, 0.6) is 0 Å². The van der Waals surface area contributed by atoms with E-state index in [1.165, 1.54) is 10.9 Å². The number of carbonyl (C=O) groups is 1. The molecule has 1 amide bonds. The highest BCUT2D eigenvalue weighted by Crippen LogP contribution is 2.23. The molecule has 1 rings (SSSR count). The average molecular weight is 261 g/mol. The van der Waals surface area contributed by atoms with E-state index in [1.54, 1.807) is 6.92 Å². The zero-order valence-electron chi connectivity index (χ0n) is 9.68. The molecular weight excluding hydrogens is 248 g/mol. The van der Waals surface area contributed by atoms with Crippen molar-refractivity contribution in [2.75, 3.05) is 0 Å². The summed E-state index contributed by atoms with van der Waals surface area (Å²) >= 11 is 5.64. The van der Waals surface area contributed by atoms with Gasteiger partial charge in [0.2, 0.25) is 5.91 Å². The van der Waals surface area contributed by atoms with E-state index in [9.17, 15) is 14.9 Å². The van der Waals surface area contributed by atoms with Crippen LogP contribution in [0.1, 0.15) is 26.8 Å². The normalized spacial score (nSPS) is 12.5. The van der Waals surface area contributed by atoms with Gasteiger partial charge in [-0.2, -0.15) is 4.68 Å². The first kappa shape index (κ1) is 13.4. The molecular formula is C9H13ClN4O3. The number of rotatable bonds is 4. The molecule has 0 aliphatic carbocycles. The summed E-state index contributed by atoms with van der Waals surface area (Å²) in [5.41, 5.74) is 0. The summed E-state index contributed by atoms with van der Waals surface area (Å²) in [5, 5.41) is 16.8. The molecule has 0 saturated carbocycles. The lowest BCUT2D eigenvalue weighted by molar-refractivity contribution is -0.389. The molecule has 17 heavy (non-hydrogen) atoms. The van der Waals surface area contributed by atoms with Gasteiger partial charge in [0.05, 0.1) is 11.3 Å². The van der Waals surface area contributed by atoms with Gasteiger partial charge < -0.3 is 15.4 Å². The van der Waals surface area contributed by atoms with E-state index in [1.807, 2.05) is 13.8 Å². The van der Waals surface area contributed by atoms with Crippen LogP contribution < -0.4 is 5.32 Å². The van der Waals surface area contributed by atoms with E-state index in [2.05, 4.69) is 10.4 Å². The number of nitro groups is 1. The molecule has 94 valence electrons. The van der Waals surface area contributed by atoms with Crippen molar-refractivity contribution in [3.05, 3.63) is 21.3 Å². The first-order chi connectivity index (χ1) is 7.82. The third kappa shape index (κ3) is 3.16. The molecule has 1 heterocycles. The lowest BCUT2D eigenvalue weighted by Crippen LogP contribution is -2.35. The minimum Gasteiger partial charge on any atom is -0.358 e. The van der Waals surface area contributed by atoms with Gasteiger partial charge >= 0.3 is 5.82 Å². The van der Waals surface area contributed by atoms with Gasteiger partial charge in [-0.05, 0) is 25.7 Å². The fourth-order valence-corrected chi connectivity index (χ4v) is 1.41. The number of halogens is 1. The highest BCUT2D eigenvalue weighted by molar-refractivity contribution is 6.32. The maximum atomic E-state index is 11.7. The molecule has 1 N–H and O–H groups in total. The molecule has 0 spiro atoms. The Labute approximate surface area is 103 Å². The van der Waals surface area contributed by atoms with Gasteiger partial charge in [0.1, 0.15) is 6.04 Å². The minimum absolute atomic E-state index is 0.00836. The van der Waals surface area contributed by atoms with Crippen LogP contribution >= 0.6 is 11.6 Å². The first-order valence-corrected chi connectivity index (χ1v) is 5.40. The lowest BCUT2D eigenvalue weighted by Gasteiger charge is -2.12. The Kier molecular flexibility index (Phi) is 4.06. The second-order valence-corrected chi connectivity index (χ2v) is 4.28. The summed E-state index contributed by atoms with van der Waals surface area (Å²) in [6, 6.07) is -0.658. The molecule has 0 aliphatic rings. The molecule has 7 nitrogen and oxygen atoms in total. The van der Waals surface area contributed by atoms with Crippen LogP contribution in [0.4, 0.5) is 5.82 Å². The maximum absolute atomic E-state index is 11.7. The molecule has 1 aromatic rings. The molecule has 0 aromatic carbocycles. The molecule has 1 aromatic heterocycles. The third-order valence-corrected chi connectivity index (χ3v) is 2.32.